The summed E-state index contributed by atoms with van der Waals surface area (Å²) in [6.07, 6.45) is 4.84. The third kappa shape index (κ3) is 3.80. The Morgan fingerprint density at radius 1 is 1.24 bits per heavy atom. The molecule has 1 aliphatic rings. The summed E-state index contributed by atoms with van der Waals surface area (Å²) in [4.78, 5) is 15.2. The summed E-state index contributed by atoms with van der Waals surface area (Å²) in [7, 11) is 0. The Balaban J connectivity index is 2.15. The van der Waals surface area contributed by atoms with Crippen LogP contribution in [0.4, 0.5) is 0 Å². The van der Waals surface area contributed by atoms with E-state index >= 15 is 0 Å². The standard InChI is InChI=1S/C17H23Cl2NO/c1-3-17(2,20-9-5-4-6-10-20)16(21)11-13-7-8-14(18)12-15(13)19/h7-8,12H,3-6,9-11H2,1-2H3. The molecule has 0 spiro atoms. The molecule has 0 bridgehead atoms. The van der Waals surface area contributed by atoms with Gasteiger partial charge in [-0.2, -0.15) is 0 Å². The number of likely N-dealkylation sites (tertiary alicyclic amines) is 1. The van der Waals surface area contributed by atoms with Crippen LogP contribution in [0.15, 0.2) is 18.2 Å². The van der Waals surface area contributed by atoms with Gasteiger partial charge in [-0.3, -0.25) is 9.69 Å². The molecule has 116 valence electrons. The smallest absolute Gasteiger partial charge is 0.157 e. The second-order valence-corrected chi connectivity index (χ2v) is 6.85. The lowest BCUT2D eigenvalue weighted by molar-refractivity contribution is -0.130. The highest BCUT2D eigenvalue weighted by Crippen LogP contribution is 2.28. The highest BCUT2D eigenvalue weighted by atomic mass is 35.5. The number of nitrogens with zero attached hydrogens (tertiary/aromatic N) is 1. The van der Waals surface area contributed by atoms with Crippen LogP contribution in [-0.2, 0) is 11.2 Å². The Hall–Kier alpha value is -0.570. The number of benzene rings is 1. The molecule has 0 aliphatic carbocycles. The van der Waals surface area contributed by atoms with Crippen molar-refractivity contribution < 1.29 is 4.79 Å². The van der Waals surface area contributed by atoms with Gasteiger partial charge in [0.25, 0.3) is 0 Å². The number of halogens is 2. The van der Waals surface area contributed by atoms with Gasteiger partial charge < -0.3 is 0 Å². The number of rotatable bonds is 5. The van der Waals surface area contributed by atoms with Crippen molar-refractivity contribution in [3.8, 4) is 0 Å². The lowest BCUT2D eigenvalue weighted by Gasteiger charge is -2.42. The minimum absolute atomic E-state index is 0.246. The van der Waals surface area contributed by atoms with E-state index in [1.165, 1.54) is 19.3 Å². The van der Waals surface area contributed by atoms with E-state index < -0.39 is 0 Å². The first-order chi connectivity index (χ1) is 9.97. The molecule has 0 radical (unpaired) electrons. The second kappa shape index (κ2) is 7.13. The molecular formula is C17H23Cl2NO. The second-order valence-electron chi connectivity index (χ2n) is 6.01. The Kier molecular flexibility index (Phi) is 5.70. The van der Waals surface area contributed by atoms with Crippen molar-refractivity contribution in [1.82, 2.24) is 4.90 Å². The summed E-state index contributed by atoms with van der Waals surface area (Å²) in [5.74, 6) is 0.246. The van der Waals surface area contributed by atoms with Crippen LogP contribution in [0.25, 0.3) is 0 Å². The number of carbonyl (C=O) groups excluding carboxylic acids is 1. The van der Waals surface area contributed by atoms with E-state index in [0.717, 1.165) is 25.1 Å². The molecule has 1 aromatic carbocycles. The third-order valence-corrected chi connectivity index (χ3v) is 5.30. The molecule has 1 aliphatic heterocycles. The zero-order valence-electron chi connectivity index (χ0n) is 12.8. The Morgan fingerprint density at radius 3 is 2.48 bits per heavy atom. The maximum Gasteiger partial charge on any atom is 0.157 e. The van der Waals surface area contributed by atoms with Crippen molar-refractivity contribution in [2.24, 2.45) is 0 Å². The average molecular weight is 328 g/mol. The van der Waals surface area contributed by atoms with E-state index in [1.54, 1.807) is 12.1 Å². The zero-order chi connectivity index (χ0) is 15.5. The lowest BCUT2D eigenvalue weighted by Crippen LogP contribution is -2.54. The zero-order valence-corrected chi connectivity index (χ0v) is 14.3. The van der Waals surface area contributed by atoms with Gasteiger partial charge in [-0.25, -0.2) is 0 Å². The molecule has 0 saturated carbocycles. The highest BCUT2D eigenvalue weighted by molar-refractivity contribution is 6.35. The monoisotopic (exact) mass is 327 g/mol. The van der Waals surface area contributed by atoms with Crippen LogP contribution in [0.3, 0.4) is 0 Å². The summed E-state index contributed by atoms with van der Waals surface area (Å²) >= 11 is 12.1. The van der Waals surface area contributed by atoms with E-state index in [1.807, 2.05) is 6.07 Å². The molecule has 1 unspecified atom stereocenters. The average Bonchev–Trinajstić information content (AvgIpc) is 2.50. The van der Waals surface area contributed by atoms with E-state index in [2.05, 4.69) is 18.7 Å². The Bertz CT molecular complexity index is 512. The van der Waals surface area contributed by atoms with Crippen LogP contribution < -0.4 is 0 Å². The first-order valence-corrected chi connectivity index (χ1v) is 8.45. The molecule has 1 atom stereocenters. The summed E-state index contributed by atoms with van der Waals surface area (Å²) < 4.78 is 0. The molecule has 0 aromatic heterocycles. The molecule has 1 aromatic rings. The fourth-order valence-electron chi connectivity index (χ4n) is 3.01. The third-order valence-electron chi connectivity index (χ3n) is 4.71. The number of ketones is 1. The number of carbonyl (C=O) groups is 1. The highest BCUT2D eigenvalue weighted by Gasteiger charge is 2.37. The van der Waals surface area contributed by atoms with Gasteiger partial charge in [-0.1, -0.05) is 42.6 Å². The molecule has 1 saturated heterocycles. The fourth-order valence-corrected chi connectivity index (χ4v) is 3.49. The normalized spacial score (nSPS) is 19.2. The van der Waals surface area contributed by atoms with Gasteiger partial charge in [0, 0.05) is 16.5 Å². The van der Waals surface area contributed by atoms with Crippen molar-refractivity contribution >= 4 is 29.0 Å². The van der Waals surface area contributed by atoms with Gasteiger partial charge in [0.05, 0.1) is 5.54 Å². The van der Waals surface area contributed by atoms with Crippen LogP contribution >= 0.6 is 23.2 Å². The summed E-state index contributed by atoms with van der Waals surface area (Å²) in [5.41, 5.74) is 0.478. The first kappa shape index (κ1) is 16.8. The van der Waals surface area contributed by atoms with Crippen molar-refractivity contribution in [2.75, 3.05) is 13.1 Å². The molecule has 0 N–H and O–H groups in total. The summed E-state index contributed by atoms with van der Waals surface area (Å²) in [6.45, 7) is 6.20. The van der Waals surface area contributed by atoms with Crippen LogP contribution in [0.5, 0.6) is 0 Å². The maximum atomic E-state index is 12.9. The number of hydrogen-bond donors (Lipinski definition) is 0. The van der Waals surface area contributed by atoms with Gasteiger partial charge >= 0.3 is 0 Å². The largest absolute Gasteiger partial charge is 0.297 e. The Morgan fingerprint density at radius 2 is 1.90 bits per heavy atom. The number of piperidine rings is 1. The van der Waals surface area contributed by atoms with Gasteiger partial charge in [0.1, 0.15) is 0 Å². The van der Waals surface area contributed by atoms with Crippen LogP contribution in [0.2, 0.25) is 10.0 Å². The van der Waals surface area contributed by atoms with Gasteiger partial charge in [-0.05, 0) is 57.0 Å². The van der Waals surface area contributed by atoms with Crippen molar-refractivity contribution in [2.45, 2.75) is 51.5 Å². The predicted molar refractivity (Wildman–Crippen MR) is 89.3 cm³/mol. The molecule has 4 heteroatoms. The van der Waals surface area contributed by atoms with Crippen LogP contribution in [0.1, 0.15) is 45.1 Å². The van der Waals surface area contributed by atoms with E-state index in [9.17, 15) is 4.79 Å². The van der Waals surface area contributed by atoms with Gasteiger partial charge in [-0.15, -0.1) is 0 Å². The van der Waals surface area contributed by atoms with Crippen LogP contribution in [-0.4, -0.2) is 29.3 Å². The topological polar surface area (TPSA) is 20.3 Å². The van der Waals surface area contributed by atoms with E-state index in [-0.39, 0.29) is 11.3 Å². The first-order valence-electron chi connectivity index (χ1n) is 7.69. The molecule has 2 rings (SSSR count). The van der Waals surface area contributed by atoms with E-state index in [4.69, 9.17) is 23.2 Å². The Labute approximate surface area is 137 Å². The van der Waals surface area contributed by atoms with Gasteiger partial charge in [0.15, 0.2) is 5.78 Å². The SMILES string of the molecule is CCC(C)(C(=O)Cc1ccc(Cl)cc1Cl)N1CCCCC1. The molecule has 0 amide bonds. The van der Waals surface area contributed by atoms with Crippen molar-refractivity contribution in [3.05, 3.63) is 33.8 Å². The van der Waals surface area contributed by atoms with Crippen molar-refractivity contribution in [3.63, 3.8) is 0 Å². The molecule has 1 heterocycles. The van der Waals surface area contributed by atoms with E-state index in [0.29, 0.717) is 16.5 Å². The quantitative estimate of drug-likeness (QED) is 0.777. The van der Waals surface area contributed by atoms with Crippen LogP contribution in [0, 0.1) is 0 Å². The minimum Gasteiger partial charge on any atom is -0.297 e. The maximum absolute atomic E-state index is 12.9. The summed E-state index contributed by atoms with van der Waals surface area (Å²) in [5, 5.41) is 1.18. The molecule has 21 heavy (non-hydrogen) atoms. The number of Topliss-reactive ketones (excluding diaryl/α,β-unsaturated/α-hetero) is 1. The molecule has 2 nitrogen and oxygen atoms in total. The lowest BCUT2D eigenvalue weighted by atomic mass is 9.86. The molecule has 1 fully saturated rings. The molecular weight excluding hydrogens is 305 g/mol. The van der Waals surface area contributed by atoms with Crippen molar-refractivity contribution in [1.29, 1.82) is 0 Å². The summed E-state index contributed by atoms with van der Waals surface area (Å²) in [6, 6.07) is 5.35. The number of hydrogen-bond acceptors (Lipinski definition) is 2. The predicted octanol–water partition coefficient (Wildman–Crippen LogP) is 4.76. The van der Waals surface area contributed by atoms with Gasteiger partial charge in [0.2, 0.25) is 0 Å². The fraction of sp³-hybridized carbons (Fsp3) is 0.588. The minimum atomic E-state index is -0.386.